The van der Waals surface area contributed by atoms with Crippen molar-refractivity contribution in [3.8, 4) is 0 Å². The molecule has 3 N–H and O–H groups in total. The van der Waals surface area contributed by atoms with Crippen molar-refractivity contribution in [1.82, 2.24) is 0 Å². The molecule has 0 heterocycles. The average molecular weight is 272 g/mol. The largest absolute Gasteiger partial charge is 0.375 e. The van der Waals surface area contributed by atoms with Crippen LogP contribution in [0.25, 0.3) is 0 Å². The number of benzene rings is 1. The van der Waals surface area contributed by atoms with E-state index in [1.807, 2.05) is 19.1 Å². The van der Waals surface area contributed by atoms with Crippen molar-refractivity contribution in [3.63, 3.8) is 0 Å². The predicted octanol–water partition coefficient (Wildman–Crippen LogP) is 2.32. The molecule has 1 amide bonds. The maximum absolute atomic E-state index is 11.8. The number of nitrogens with two attached hydrogens (primary N) is 1. The average Bonchev–Trinajstić information content (AvgIpc) is 2.35. The van der Waals surface area contributed by atoms with E-state index < -0.39 is 13.0 Å². The third-order valence-electron chi connectivity index (χ3n) is 2.44. The summed E-state index contributed by atoms with van der Waals surface area (Å²) >= 11 is 0. The van der Waals surface area contributed by atoms with Crippen molar-refractivity contribution in [2.45, 2.75) is 25.8 Å². The second-order valence-electron chi connectivity index (χ2n) is 4.14. The Morgan fingerprint density at radius 2 is 2.11 bits per heavy atom. The van der Waals surface area contributed by atoms with Crippen LogP contribution in [0.5, 0.6) is 0 Å². The number of nitrogens with one attached hydrogen (secondary N) is 1. The second-order valence-corrected chi connectivity index (χ2v) is 4.14. The molecule has 0 aromatic heterocycles. The van der Waals surface area contributed by atoms with Crippen molar-refractivity contribution < 1.29 is 18.3 Å². The maximum Gasteiger partial charge on any atom is 0.261 e. The highest BCUT2D eigenvalue weighted by Gasteiger charge is 2.09. The monoisotopic (exact) mass is 272 g/mol. The van der Waals surface area contributed by atoms with Gasteiger partial charge in [-0.1, -0.05) is 18.2 Å². The zero-order chi connectivity index (χ0) is 14.3. The number of ether oxygens (including phenoxy) is 1. The number of carbonyl (C=O) groups excluding carboxylic acids is 1. The summed E-state index contributed by atoms with van der Waals surface area (Å²) in [6.45, 7) is 1.14. The first-order chi connectivity index (χ1) is 9.00. The number of alkyl halides is 2. The van der Waals surface area contributed by atoms with Gasteiger partial charge in [-0.25, -0.2) is 8.78 Å². The lowest BCUT2D eigenvalue weighted by Crippen LogP contribution is -2.18. The Morgan fingerprint density at radius 1 is 1.42 bits per heavy atom. The van der Waals surface area contributed by atoms with E-state index in [0.29, 0.717) is 5.69 Å². The summed E-state index contributed by atoms with van der Waals surface area (Å²) < 4.78 is 28.3. The van der Waals surface area contributed by atoms with Crippen LogP contribution in [0.2, 0.25) is 0 Å². The van der Waals surface area contributed by atoms with E-state index in [0.717, 1.165) is 5.56 Å². The molecule has 1 atom stereocenters. The minimum atomic E-state index is -2.51. The molecule has 0 aliphatic rings. The molecule has 0 aliphatic carbocycles. The standard InChI is InChI=1S/C13H18F2N2O2/c1-9(16)10-4-2-3-5-11(10)17-13(18)6-7-19-8-12(14)15/h2-5,9,12H,6-8,16H2,1H3,(H,17,18). The summed E-state index contributed by atoms with van der Waals surface area (Å²) in [6.07, 6.45) is -2.48. The van der Waals surface area contributed by atoms with Crippen LogP contribution >= 0.6 is 0 Å². The number of halogens is 2. The van der Waals surface area contributed by atoms with Crippen LogP contribution in [-0.4, -0.2) is 25.5 Å². The second kappa shape index (κ2) is 7.81. The van der Waals surface area contributed by atoms with Gasteiger partial charge >= 0.3 is 0 Å². The SMILES string of the molecule is CC(N)c1ccccc1NC(=O)CCOCC(F)F. The quantitative estimate of drug-likeness (QED) is 0.749. The Balaban J connectivity index is 2.44. The minimum Gasteiger partial charge on any atom is -0.375 e. The van der Waals surface area contributed by atoms with Gasteiger partial charge in [-0.05, 0) is 18.6 Å². The molecule has 1 aromatic rings. The summed E-state index contributed by atoms with van der Waals surface area (Å²) in [6, 6.07) is 6.99. The topological polar surface area (TPSA) is 64.3 Å². The predicted molar refractivity (Wildman–Crippen MR) is 69.1 cm³/mol. The van der Waals surface area contributed by atoms with Gasteiger partial charge in [0.15, 0.2) is 0 Å². The minimum absolute atomic E-state index is 0.0278. The maximum atomic E-state index is 11.8. The summed E-state index contributed by atoms with van der Waals surface area (Å²) in [5.74, 6) is -0.289. The third kappa shape index (κ3) is 5.76. The lowest BCUT2D eigenvalue weighted by molar-refractivity contribution is -0.117. The van der Waals surface area contributed by atoms with Crippen LogP contribution < -0.4 is 11.1 Å². The Labute approximate surface area is 110 Å². The molecule has 0 bridgehead atoms. The Bertz CT molecular complexity index is 411. The Morgan fingerprint density at radius 3 is 2.74 bits per heavy atom. The first-order valence-corrected chi connectivity index (χ1v) is 6.01. The van der Waals surface area contributed by atoms with E-state index in [2.05, 4.69) is 10.1 Å². The van der Waals surface area contributed by atoms with Gasteiger partial charge in [0.05, 0.1) is 13.0 Å². The number of hydrogen-bond donors (Lipinski definition) is 2. The molecule has 0 spiro atoms. The molecule has 106 valence electrons. The van der Waals surface area contributed by atoms with Crippen LogP contribution in [0.4, 0.5) is 14.5 Å². The van der Waals surface area contributed by atoms with Gasteiger partial charge in [-0.2, -0.15) is 0 Å². The summed E-state index contributed by atoms with van der Waals surface area (Å²) in [5.41, 5.74) is 7.24. The number of rotatable bonds is 7. The van der Waals surface area contributed by atoms with Crippen molar-refractivity contribution in [2.24, 2.45) is 5.73 Å². The molecule has 1 aromatic carbocycles. The van der Waals surface area contributed by atoms with Gasteiger partial charge in [0.2, 0.25) is 5.91 Å². The summed E-state index contributed by atoms with van der Waals surface area (Å²) in [5, 5.41) is 2.69. The van der Waals surface area contributed by atoms with Gasteiger partial charge in [0, 0.05) is 11.7 Å². The molecule has 0 aliphatic heterocycles. The fourth-order valence-corrected chi connectivity index (χ4v) is 1.56. The number of anilines is 1. The number of hydrogen-bond acceptors (Lipinski definition) is 3. The highest BCUT2D eigenvalue weighted by molar-refractivity contribution is 5.91. The first kappa shape index (κ1) is 15.5. The molecule has 0 saturated heterocycles. The van der Waals surface area contributed by atoms with Crippen molar-refractivity contribution in [1.29, 1.82) is 0 Å². The molecule has 1 rings (SSSR count). The Hall–Kier alpha value is -1.53. The first-order valence-electron chi connectivity index (χ1n) is 6.01. The van der Waals surface area contributed by atoms with Crippen molar-refractivity contribution >= 4 is 11.6 Å². The van der Waals surface area contributed by atoms with Crippen LogP contribution in [0.15, 0.2) is 24.3 Å². The zero-order valence-corrected chi connectivity index (χ0v) is 10.7. The molecular formula is C13H18F2N2O2. The number of amides is 1. The van der Waals surface area contributed by atoms with Gasteiger partial charge in [0.1, 0.15) is 6.61 Å². The van der Waals surface area contributed by atoms with E-state index in [1.165, 1.54) is 0 Å². The summed E-state index contributed by atoms with van der Waals surface area (Å²) in [4.78, 5) is 11.6. The number of para-hydroxylation sites is 1. The third-order valence-corrected chi connectivity index (χ3v) is 2.44. The molecule has 0 saturated carbocycles. The number of carbonyl (C=O) groups is 1. The van der Waals surface area contributed by atoms with E-state index in [-0.39, 0.29) is 25.0 Å². The summed E-state index contributed by atoms with van der Waals surface area (Å²) in [7, 11) is 0. The smallest absolute Gasteiger partial charge is 0.261 e. The highest BCUT2D eigenvalue weighted by atomic mass is 19.3. The fourth-order valence-electron chi connectivity index (χ4n) is 1.56. The van der Waals surface area contributed by atoms with Gasteiger partial charge in [0.25, 0.3) is 6.43 Å². The van der Waals surface area contributed by atoms with Crippen LogP contribution in [0.3, 0.4) is 0 Å². The normalized spacial score (nSPS) is 12.5. The van der Waals surface area contributed by atoms with E-state index in [4.69, 9.17) is 5.73 Å². The van der Waals surface area contributed by atoms with Crippen LogP contribution in [0.1, 0.15) is 24.9 Å². The molecule has 4 nitrogen and oxygen atoms in total. The van der Waals surface area contributed by atoms with Gasteiger partial charge in [-0.15, -0.1) is 0 Å². The molecule has 0 fully saturated rings. The highest BCUT2D eigenvalue weighted by Crippen LogP contribution is 2.20. The van der Waals surface area contributed by atoms with E-state index >= 15 is 0 Å². The fraction of sp³-hybridized carbons (Fsp3) is 0.462. The van der Waals surface area contributed by atoms with Gasteiger partial charge < -0.3 is 15.8 Å². The molecule has 6 heteroatoms. The van der Waals surface area contributed by atoms with E-state index in [9.17, 15) is 13.6 Å². The zero-order valence-electron chi connectivity index (χ0n) is 10.7. The van der Waals surface area contributed by atoms with E-state index in [1.54, 1.807) is 12.1 Å². The lowest BCUT2D eigenvalue weighted by Gasteiger charge is -2.13. The molecule has 1 unspecified atom stereocenters. The van der Waals surface area contributed by atoms with Crippen molar-refractivity contribution in [2.75, 3.05) is 18.5 Å². The molecule has 19 heavy (non-hydrogen) atoms. The molecular weight excluding hydrogens is 254 g/mol. The molecule has 0 radical (unpaired) electrons. The van der Waals surface area contributed by atoms with Crippen LogP contribution in [0, 0.1) is 0 Å². The van der Waals surface area contributed by atoms with Gasteiger partial charge in [-0.3, -0.25) is 4.79 Å². The van der Waals surface area contributed by atoms with Crippen molar-refractivity contribution in [3.05, 3.63) is 29.8 Å². The van der Waals surface area contributed by atoms with Crippen LogP contribution in [-0.2, 0) is 9.53 Å². The lowest BCUT2D eigenvalue weighted by atomic mass is 10.1. The Kier molecular flexibility index (Phi) is 6.38.